The molecule has 11 heteroatoms. The summed E-state index contributed by atoms with van der Waals surface area (Å²) in [6.07, 6.45) is -1.27. The maximum Gasteiger partial charge on any atom is 0.340 e. The normalized spacial score (nSPS) is 11.4. The van der Waals surface area contributed by atoms with Crippen molar-refractivity contribution >= 4 is 40.9 Å². The van der Waals surface area contributed by atoms with E-state index in [9.17, 15) is 19.2 Å². The monoisotopic (exact) mass is 650 g/mol. The van der Waals surface area contributed by atoms with Gasteiger partial charge < -0.3 is 20.1 Å². The maximum absolute atomic E-state index is 13.6. The molecule has 0 fully saturated rings. The molecule has 1 atom stereocenters. The molecule has 240 valence electrons. The van der Waals surface area contributed by atoms with E-state index < -0.39 is 23.9 Å². The first kappa shape index (κ1) is 32.8. The van der Waals surface area contributed by atoms with Crippen molar-refractivity contribution in [3.63, 3.8) is 0 Å². The van der Waals surface area contributed by atoms with Crippen LogP contribution in [0, 0.1) is 6.92 Å². The number of para-hydroxylation sites is 3. The number of hydrogen-bond donors (Lipinski definition) is 2. The fourth-order valence-corrected chi connectivity index (χ4v) is 5.75. The van der Waals surface area contributed by atoms with Crippen LogP contribution >= 0.6 is 11.8 Å². The highest BCUT2D eigenvalue weighted by Gasteiger charge is 2.28. The number of anilines is 2. The topological polar surface area (TPSA) is 121 Å². The molecule has 1 aromatic heterocycles. The summed E-state index contributed by atoms with van der Waals surface area (Å²) in [6.45, 7) is 4.01. The summed E-state index contributed by atoms with van der Waals surface area (Å²) in [6, 6.07) is 31.6. The van der Waals surface area contributed by atoms with Crippen molar-refractivity contribution in [3.05, 3.63) is 136 Å². The Morgan fingerprint density at radius 3 is 2.19 bits per heavy atom. The van der Waals surface area contributed by atoms with E-state index in [1.807, 2.05) is 37.3 Å². The van der Waals surface area contributed by atoms with Gasteiger partial charge in [0.1, 0.15) is 11.4 Å². The van der Waals surface area contributed by atoms with Crippen molar-refractivity contribution in [2.45, 2.75) is 24.8 Å². The van der Waals surface area contributed by atoms with Gasteiger partial charge in [-0.2, -0.15) is 0 Å². The summed E-state index contributed by atoms with van der Waals surface area (Å²) < 4.78 is 14.6. The summed E-state index contributed by atoms with van der Waals surface area (Å²) in [7, 11) is 1.75. The standard InChI is InChI=1S/C36H34N4O6S/c1-4-45-29-21-13-12-20-28(29)37-34(42)33(25-15-7-5-8-16-25)46-36(44)27-19-11-14-22-30(27)47-23-31(41)38-32-24(2)39(3)40(35(32)43)26-17-9-6-10-18-26/h5-22,33H,4,23H2,1-3H3,(H,37,42)(H,38,41)/t33-/m1/s1. The van der Waals surface area contributed by atoms with Crippen molar-refractivity contribution in [2.75, 3.05) is 23.0 Å². The van der Waals surface area contributed by atoms with Crippen LogP contribution in [-0.2, 0) is 21.4 Å². The van der Waals surface area contributed by atoms with E-state index in [0.717, 1.165) is 11.8 Å². The minimum Gasteiger partial charge on any atom is -0.492 e. The number of thioether (sulfide) groups is 1. The number of esters is 1. The maximum atomic E-state index is 13.6. The second-order valence-electron chi connectivity index (χ2n) is 10.4. The van der Waals surface area contributed by atoms with Gasteiger partial charge in [0.05, 0.1) is 35.0 Å². The molecule has 5 rings (SSSR count). The van der Waals surface area contributed by atoms with Crippen molar-refractivity contribution in [3.8, 4) is 11.4 Å². The first-order valence-electron chi connectivity index (χ1n) is 14.9. The number of nitrogens with zero attached hydrogens (tertiary/aromatic N) is 2. The van der Waals surface area contributed by atoms with E-state index in [-0.39, 0.29) is 22.6 Å². The average molecular weight is 651 g/mol. The van der Waals surface area contributed by atoms with Gasteiger partial charge in [0.2, 0.25) is 12.0 Å². The largest absolute Gasteiger partial charge is 0.492 e. The lowest BCUT2D eigenvalue weighted by molar-refractivity contribution is -0.125. The van der Waals surface area contributed by atoms with Gasteiger partial charge in [0.15, 0.2) is 0 Å². The third-order valence-corrected chi connectivity index (χ3v) is 8.37. The lowest BCUT2D eigenvalue weighted by atomic mass is 10.1. The summed E-state index contributed by atoms with van der Waals surface area (Å²) in [5, 5.41) is 5.57. The van der Waals surface area contributed by atoms with Crippen LogP contribution in [0.5, 0.6) is 5.75 Å². The third-order valence-electron chi connectivity index (χ3n) is 7.29. The van der Waals surface area contributed by atoms with Gasteiger partial charge >= 0.3 is 5.97 Å². The molecule has 0 aliphatic heterocycles. The van der Waals surface area contributed by atoms with Crippen molar-refractivity contribution < 1.29 is 23.9 Å². The number of benzene rings is 4. The Bertz CT molecular complexity index is 1940. The summed E-state index contributed by atoms with van der Waals surface area (Å²) in [4.78, 5) is 53.9. The SMILES string of the molecule is CCOc1ccccc1NC(=O)[C@H](OC(=O)c1ccccc1SCC(=O)Nc1c(C)n(C)n(-c2ccccc2)c1=O)c1ccccc1. The predicted octanol–water partition coefficient (Wildman–Crippen LogP) is 6.15. The number of carbonyl (C=O) groups excluding carboxylic acids is 3. The number of carbonyl (C=O) groups is 3. The Labute approximate surface area is 276 Å². The number of aromatic nitrogens is 2. The molecule has 47 heavy (non-hydrogen) atoms. The molecule has 0 aliphatic rings. The highest BCUT2D eigenvalue weighted by atomic mass is 32.2. The van der Waals surface area contributed by atoms with Gasteiger partial charge in [0, 0.05) is 17.5 Å². The molecule has 0 aliphatic carbocycles. The second kappa shape index (κ2) is 15.2. The van der Waals surface area contributed by atoms with E-state index in [0.29, 0.717) is 39.9 Å². The molecule has 0 saturated carbocycles. The first-order chi connectivity index (χ1) is 22.8. The Morgan fingerprint density at radius 1 is 0.830 bits per heavy atom. The number of ether oxygens (including phenoxy) is 2. The zero-order valence-electron chi connectivity index (χ0n) is 26.1. The van der Waals surface area contributed by atoms with Gasteiger partial charge in [-0.1, -0.05) is 72.8 Å². The van der Waals surface area contributed by atoms with E-state index in [2.05, 4.69) is 10.6 Å². The highest BCUT2D eigenvalue weighted by molar-refractivity contribution is 8.00. The van der Waals surface area contributed by atoms with E-state index in [1.54, 1.807) is 97.5 Å². The van der Waals surface area contributed by atoms with Crippen LogP contribution in [0.3, 0.4) is 0 Å². The van der Waals surface area contributed by atoms with E-state index >= 15 is 0 Å². The Balaban J connectivity index is 1.31. The Morgan fingerprint density at radius 2 is 1.47 bits per heavy atom. The lowest BCUT2D eigenvalue weighted by Crippen LogP contribution is -2.26. The van der Waals surface area contributed by atoms with E-state index in [4.69, 9.17) is 9.47 Å². The van der Waals surface area contributed by atoms with Crippen LogP contribution in [0.2, 0.25) is 0 Å². The quantitative estimate of drug-likeness (QED) is 0.123. The van der Waals surface area contributed by atoms with Crippen molar-refractivity contribution in [1.82, 2.24) is 9.36 Å². The molecular weight excluding hydrogens is 616 g/mol. The number of hydrogen-bond acceptors (Lipinski definition) is 7. The van der Waals surface area contributed by atoms with Crippen LogP contribution in [0.4, 0.5) is 11.4 Å². The van der Waals surface area contributed by atoms with E-state index in [1.165, 1.54) is 4.68 Å². The molecule has 0 unspecified atom stereocenters. The molecular formula is C36H34N4O6S. The minimum atomic E-state index is -1.27. The number of nitrogens with one attached hydrogen (secondary N) is 2. The molecule has 5 aromatic rings. The van der Waals surface area contributed by atoms with Gasteiger partial charge in [0.25, 0.3) is 11.5 Å². The summed E-state index contributed by atoms with van der Waals surface area (Å²) in [5.74, 6) is -1.30. The third kappa shape index (κ3) is 7.64. The van der Waals surface area contributed by atoms with Gasteiger partial charge in [-0.3, -0.25) is 19.1 Å². The summed E-state index contributed by atoms with van der Waals surface area (Å²) >= 11 is 1.12. The van der Waals surface area contributed by atoms with Gasteiger partial charge in [-0.05, 0) is 50.2 Å². The molecule has 1 heterocycles. The van der Waals surface area contributed by atoms with Crippen LogP contribution in [0.25, 0.3) is 5.69 Å². The first-order valence-corrected chi connectivity index (χ1v) is 15.9. The molecule has 0 bridgehead atoms. The fourth-order valence-electron chi connectivity index (χ4n) is 4.91. The second-order valence-corrected chi connectivity index (χ2v) is 11.4. The fraction of sp³-hybridized carbons (Fsp3) is 0.167. The Hall–Kier alpha value is -5.55. The smallest absolute Gasteiger partial charge is 0.340 e. The van der Waals surface area contributed by atoms with Crippen molar-refractivity contribution in [1.29, 1.82) is 0 Å². The van der Waals surface area contributed by atoms with Gasteiger partial charge in [-0.25, -0.2) is 9.48 Å². The highest BCUT2D eigenvalue weighted by Crippen LogP contribution is 2.29. The Kier molecular flexibility index (Phi) is 10.6. The average Bonchev–Trinajstić information content (AvgIpc) is 3.30. The molecule has 0 spiro atoms. The van der Waals surface area contributed by atoms with Crippen LogP contribution in [-0.4, -0.2) is 39.5 Å². The van der Waals surface area contributed by atoms with Crippen molar-refractivity contribution in [2.24, 2.45) is 7.05 Å². The molecule has 2 N–H and O–H groups in total. The number of amides is 2. The molecule has 4 aromatic carbocycles. The van der Waals surface area contributed by atoms with Crippen LogP contribution in [0.15, 0.2) is 119 Å². The lowest BCUT2D eigenvalue weighted by Gasteiger charge is -2.20. The molecule has 0 saturated heterocycles. The number of rotatable bonds is 12. The van der Waals surface area contributed by atoms with Crippen LogP contribution < -0.4 is 20.9 Å². The van der Waals surface area contributed by atoms with Gasteiger partial charge in [-0.15, -0.1) is 11.8 Å². The molecule has 2 amide bonds. The minimum absolute atomic E-state index is 0.0831. The summed E-state index contributed by atoms with van der Waals surface area (Å²) in [5.41, 5.74) is 2.21. The molecule has 0 radical (unpaired) electrons. The predicted molar refractivity (Wildman–Crippen MR) is 182 cm³/mol. The van der Waals surface area contributed by atoms with Crippen LogP contribution in [0.1, 0.15) is 34.6 Å². The zero-order valence-corrected chi connectivity index (χ0v) is 27.0. The molecule has 10 nitrogen and oxygen atoms in total. The zero-order chi connectivity index (χ0) is 33.3.